The highest BCUT2D eigenvalue weighted by Crippen LogP contribution is 2.51. The van der Waals surface area contributed by atoms with E-state index in [4.69, 9.17) is 5.21 Å². The molecule has 5 nitrogen and oxygen atoms in total. The topological polar surface area (TPSA) is 55.8 Å². The monoisotopic (exact) mass is 373 g/mol. The average Bonchev–Trinajstić information content (AvgIpc) is 3.50. The fraction of sp³-hybridized carbons (Fsp3) is 0.667. The normalized spacial score (nSPS) is 31.4. The Kier molecular flexibility index (Phi) is 4.26. The van der Waals surface area contributed by atoms with Gasteiger partial charge in [0.1, 0.15) is 5.82 Å². The van der Waals surface area contributed by atoms with Gasteiger partial charge in [0.25, 0.3) is 5.91 Å². The van der Waals surface area contributed by atoms with Crippen LogP contribution in [0.4, 0.5) is 4.39 Å². The van der Waals surface area contributed by atoms with E-state index in [1.807, 2.05) is 0 Å². The molecule has 1 amide bonds. The molecule has 4 aliphatic rings. The maximum Gasteiger partial charge on any atom is 0.274 e. The van der Waals surface area contributed by atoms with Crippen molar-refractivity contribution in [3.8, 4) is 0 Å². The van der Waals surface area contributed by atoms with Crippen molar-refractivity contribution in [3.63, 3.8) is 0 Å². The second-order valence-corrected chi connectivity index (χ2v) is 9.12. The fourth-order valence-electron chi connectivity index (χ4n) is 5.68. The number of nitrogens with one attached hydrogen (secondary N) is 1. The van der Waals surface area contributed by atoms with E-state index in [9.17, 15) is 9.18 Å². The Morgan fingerprint density at radius 2 is 2.00 bits per heavy atom. The van der Waals surface area contributed by atoms with Gasteiger partial charge in [-0.05, 0) is 74.6 Å². The third kappa shape index (κ3) is 3.18. The van der Waals surface area contributed by atoms with Crippen LogP contribution in [0, 0.1) is 11.2 Å². The summed E-state index contributed by atoms with van der Waals surface area (Å²) in [6.07, 6.45) is 8.71. The smallest absolute Gasteiger partial charge is 0.274 e. The van der Waals surface area contributed by atoms with Gasteiger partial charge in [0.2, 0.25) is 0 Å². The number of likely N-dealkylation sites (tertiary alicyclic amines) is 1. The standard InChI is InChI=1S/C21H28FN3O2/c22-19-9-15(20(26)23-27)8-14-4-7-24(12-18(14)19)17-10-21(11-17)5-1-6-25(13-21)16-2-3-16/h8-9,16-17,27H,1-7,10-13H2,(H,23,26). The number of amides is 1. The number of hydrogen-bond donors (Lipinski definition) is 2. The highest BCUT2D eigenvalue weighted by molar-refractivity contribution is 5.93. The van der Waals surface area contributed by atoms with Crippen LogP contribution in [0.5, 0.6) is 0 Å². The number of benzene rings is 1. The number of halogens is 1. The van der Waals surface area contributed by atoms with Gasteiger partial charge >= 0.3 is 0 Å². The van der Waals surface area contributed by atoms with E-state index in [-0.39, 0.29) is 11.4 Å². The summed E-state index contributed by atoms with van der Waals surface area (Å²) in [5.41, 5.74) is 3.91. The fourth-order valence-corrected chi connectivity index (χ4v) is 5.68. The van der Waals surface area contributed by atoms with Crippen molar-refractivity contribution in [2.75, 3.05) is 19.6 Å². The van der Waals surface area contributed by atoms with Gasteiger partial charge in [-0.15, -0.1) is 0 Å². The lowest BCUT2D eigenvalue weighted by Gasteiger charge is -2.56. The van der Waals surface area contributed by atoms with E-state index in [1.165, 1.54) is 57.7 Å². The first kappa shape index (κ1) is 17.6. The van der Waals surface area contributed by atoms with Crippen molar-refractivity contribution in [2.45, 2.75) is 63.6 Å². The van der Waals surface area contributed by atoms with Crippen LogP contribution in [0.3, 0.4) is 0 Å². The highest BCUT2D eigenvalue weighted by atomic mass is 19.1. The second-order valence-electron chi connectivity index (χ2n) is 9.12. The molecular weight excluding hydrogens is 345 g/mol. The number of hydrogen-bond acceptors (Lipinski definition) is 4. The highest BCUT2D eigenvalue weighted by Gasteiger charge is 2.50. The van der Waals surface area contributed by atoms with Gasteiger partial charge in [-0.3, -0.25) is 19.8 Å². The van der Waals surface area contributed by atoms with Crippen molar-refractivity contribution < 1.29 is 14.4 Å². The largest absolute Gasteiger partial charge is 0.300 e. The van der Waals surface area contributed by atoms with Crippen molar-refractivity contribution in [1.82, 2.24) is 15.3 Å². The molecule has 2 heterocycles. The molecule has 2 aliphatic carbocycles. The quantitative estimate of drug-likeness (QED) is 0.632. The predicted octanol–water partition coefficient (Wildman–Crippen LogP) is 2.71. The number of nitrogens with zero attached hydrogens (tertiary/aromatic N) is 2. The molecule has 2 N–H and O–H groups in total. The summed E-state index contributed by atoms with van der Waals surface area (Å²) in [5.74, 6) is -0.986. The molecule has 27 heavy (non-hydrogen) atoms. The summed E-state index contributed by atoms with van der Waals surface area (Å²) < 4.78 is 14.6. The minimum Gasteiger partial charge on any atom is -0.300 e. The van der Waals surface area contributed by atoms with Crippen LogP contribution in [-0.2, 0) is 13.0 Å². The van der Waals surface area contributed by atoms with Gasteiger partial charge in [0, 0.05) is 42.8 Å². The molecule has 1 saturated heterocycles. The van der Waals surface area contributed by atoms with Crippen molar-refractivity contribution in [3.05, 3.63) is 34.6 Å². The van der Waals surface area contributed by atoms with Crippen LogP contribution in [-0.4, -0.2) is 52.6 Å². The maximum absolute atomic E-state index is 14.6. The molecule has 5 rings (SSSR count). The number of fused-ring (bicyclic) bond motifs is 1. The van der Waals surface area contributed by atoms with Crippen LogP contribution >= 0.6 is 0 Å². The Bertz CT molecular complexity index is 758. The van der Waals surface area contributed by atoms with Gasteiger partial charge in [0.05, 0.1) is 0 Å². The summed E-state index contributed by atoms with van der Waals surface area (Å²) in [7, 11) is 0. The molecule has 146 valence electrons. The summed E-state index contributed by atoms with van der Waals surface area (Å²) in [6, 6.07) is 4.39. The van der Waals surface area contributed by atoms with E-state index < -0.39 is 5.91 Å². The Balaban J connectivity index is 1.25. The van der Waals surface area contributed by atoms with Gasteiger partial charge in [0.15, 0.2) is 0 Å². The van der Waals surface area contributed by atoms with Gasteiger partial charge in [-0.1, -0.05) is 0 Å². The zero-order chi connectivity index (χ0) is 18.6. The number of rotatable bonds is 3. The molecule has 1 aromatic rings. The Hall–Kier alpha value is -1.50. The number of hydroxylamine groups is 1. The lowest BCUT2D eigenvalue weighted by Crippen LogP contribution is -2.58. The minimum atomic E-state index is -0.655. The lowest BCUT2D eigenvalue weighted by molar-refractivity contribution is -0.0565. The molecule has 0 atom stereocenters. The molecule has 0 bridgehead atoms. The molecule has 1 spiro atoms. The van der Waals surface area contributed by atoms with Gasteiger partial charge in [-0.2, -0.15) is 0 Å². The summed E-state index contributed by atoms with van der Waals surface area (Å²) >= 11 is 0. The summed E-state index contributed by atoms with van der Waals surface area (Å²) in [6.45, 7) is 4.11. The first-order valence-electron chi connectivity index (χ1n) is 10.3. The zero-order valence-corrected chi connectivity index (χ0v) is 15.7. The maximum atomic E-state index is 14.6. The summed E-state index contributed by atoms with van der Waals surface area (Å²) in [5, 5.41) is 8.78. The van der Waals surface area contributed by atoms with E-state index in [0.717, 1.165) is 30.1 Å². The number of carbonyl (C=O) groups is 1. The van der Waals surface area contributed by atoms with Crippen LogP contribution in [0.15, 0.2) is 12.1 Å². The third-order valence-electron chi connectivity index (χ3n) is 7.29. The van der Waals surface area contributed by atoms with Gasteiger partial charge < -0.3 is 0 Å². The first-order valence-corrected chi connectivity index (χ1v) is 10.3. The summed E-state index contributed by atoms with van der Waals surface area (Å²) in [4.78, 5) is 16.8. The molecular formula is C21H28FN3O2. The lowest BCUT2D eigenvalue weighted by atomic mass is 9.60. The van der Waals surface area contributed by atoms with E-state index >= 15 is 0 Å². The van der Waals surface area contributed by atoms with Crippen LogP contribution in [0.1, 0.15) is 60.0 Å². The van der Waals surface area contributed by atoms with Crippen molar-refractivity contribution in [1.29, 1.82) is 0 Å². The van der Waals surface area contributed by atoms with Crippen LogP contribution in [0.25, 0.3) is 0 Å². The molecule has 0 radical (unpaired) electrons. The van der Waals surface area contributed by atoms with Crippen molar-refractivity contribution in [2.24, 2.45) is 5.41 Å². The average molecular weight is 373 g/mol. The van der Waals surface area contributed by atoms with E-state index in [2.05, 4.69) is 9.80 Å². The van der Waals surface area contributed by atoms with E-state index in [1.54, 1.807) is 11.5 Å². The van der Waals surface area contributed by atoms with Crippen LogP contribution < -0.4 is 5.48 Å². The van der Waals surface area contributed by atoms with Crippen molar-refractivity contribution >= 4 is 5.91 Å². The number of carbonyl (C=O) groups excluding carboxylic acids is 1. The Labute approximate surface area is 159 Å². The minimum absolute atomic E-state index is 0.187. The molecule has 0 unspecified atom stereocenters. The van der Waals surface area contributed by atoms with Crippen LogP contribution in [0.2, 0.25) is 0 Å². The zero-order valence-electron chi connectivity index (χ0n) is 15.7. The Morgan fingerprint density at radius 1 is 1.19 bits per heavy atom. The predicted molar refractivity (Wildman–Crippen MR) is 99.1 cm³/mol. The van der Waals surface area contributed by atoms with Gasteiger partial charge in [-0.25, -0.2) is 9.87 Å². The first-order chi connectivity index (χ1) is 13.1. The number of piperidine rings is 1. The second kappa shape index (κ2) is 6.54. The molecule has 3 fully saturated rings. The molecule has 6 heteroatoms. The third-order valence-corrected chi connectivity index (χ3v) is 7.29. The molecule has 2 saturated carbocycles. The SMILES string of the molecule is O=C(NO)c1cc(F)c2c(c1)CCN(C1CC3(CCCN(C4CC4)C3)C1)C2. The molecule has 2 aliphatic heterocycles. The van der Waals surface area contributed by atoms with E-state index in [0.29, 0.717) is 18.0 Å². The molecule has 0 aromatic heterocycles. The molecule has 1 aromatic carbocycles. The Morgan fingerprint density at radius 3 is 2.74 bits per heavy atom.